The number of aryl methyl sites for hydroxylation is 1. The van der Waals surface area contributed by atoms with Gasteiger partial charge in [0.25, 0.3) is 0 Å². The average Bonchev–Trinajstić information content (AvgIpc) is 2.74. The van der Waals surface area contributed by atoms with E-state index in [4.69, 9.17) is 5.11 Å². The zero-order valence-corrected chi connectivity index (χ0v) is 18.2. The summed E-state index contributed by atoms with van der Waals surface area (Å²) in [5, 5.41) is 32.5. The zero-order valence-electron chi connectivity index (χ0n) is 18.2. The molecular formula is C25H39NO4. The molecule has 3 unspecified atom stereocenters. The van der Waals surface area contributed by atoms with Crippen LogP contribution in [0.4, 0.5) is 0 Å². The predicted octanol–water partition coefficient (Wildman–Crippen LogP) is 3.54. The maximum atomic E-state index is 11.4. The molecule has 0 aromatic heterocycles. The normalized spacial score (nSPS) is 14.8. The van der Waals surface area contributed by atoms with Crippen molar-refractivity contribution in [2.45, 2.75) is 70.5 Å². The Morgan fingerprint density at radius 3 is 2.47 bits per heavy atom. The minimum absolute atomic E-state index is 0.0578. The van der Waals surface area contributed by atoms with Gasteiger partial charge in [0.15, 0.2) is 0 Å². The van der Waals surface area contributed by atoms with Gasteiger partial charge in [0.05, 0.1) is 12.2 Å². The van der Waals surface area contributed by atoms with Gasteiger partial charge in [0.1, 0.15) is 0 Å². The lowest BCUT2D eigenvalue weighted by molar-refractivity contribution is -0.121. The zero-order chi connectivity index (χ0) is 22.0. The van der Waals surface area contributed by atoms with E-state index in [9.17, 15) is 15.0 Å². The van der Waals surface area contributed by atoms with Crippen LogP contribution < -0.4 is 5.32 Å². The van der Waals surface area contributed by atoms with Crippen LogP contribution >= 0.6 is 0 Å². The molecule has 30 heavy (non-hydrogen) atoms. The summed E-state index contributed by atoms with van der Waals surface area (Å²) in [7, 11) is 0. The molecule has 5 heteroatoms. The van der Waals surface area contributed by atoms with Gasteiger partial charge >= 0.3 is 0 Å². The highest BCUT2D eigenvalue weighted by Crippen LogP contribution is 2.18. The van der Waals surface area contributed by atoms with Crippen molar-refractivity contribution in [3.8, 4) is 0 Å². The Balaban J connectivity index is 2.39. The van der Waals surface area contributed by atoms with Crippen molar-refractivity contribution in [3.63, 3.8) is 0 Å². The summed E-state index contributed by atoms with van der Waals surface area (Å²) in [5.41, 5.74) is 1.19. The van der Waals surface area contributed by atoms with Gasteiger partial charge in [-0.05, 0) is 57.4 Å². The number of hydrogen-bond acceptors (Lipinski definition) is 4. The molecule has 0 saturated heterocycles. The Bertz CT molecular complexity index is 615. The van der Waals surface area contributed by atoms with Gasteiger partial charge in [-0.1, -0.05) is 54.6 Å². The molecule has 4 N–H and O–H groups in total. The van der Waals surface area contributed by atoms with Crippen molar-refractivity contribution in [1.29, 1.82) is 0 Å². The first-order valence-corrected chi connectivity index (χ1v) is 11.2. The molecule has 1 rings (SSSR count). The average molecular weight is 418 g/mol. The molecule has 0 aliphatic heterocycles. The fraction of sp³-hybridized carbons (Fsp3) is 0.560. The van der Waals surface area contributed by atoms with E-state index in [1.165, 1.54) is 5.56 Å². The predicted molar refractivity (Wildman–Crippen MR) is 122 cm³/mol. The number of allylic oxidation sites excluding steroid dienone is 2. The first-order valence-electron chi connectivity index (χ1n) is 11.2. The molecule has 3 atom stereocenters. The van der Waals surface area contributed by atoms with Crippen molar-refractivity contribution in [2.75, 3.05) is 13.2 Å². The fourth-order valence-corrected chi connectivity index (χ4v) is 3.28. The van der Waals surface area contributed by atoms with Crippen molar-refractivity contribution in [2.24, 2.45) is 5.92 Å². The van der Waals surface area contributed by atoms with Crippen molar-refractivity contribution >= 4 is 5.91 Å². The molecule has 5 nitrogen and oxygen atoms in total. The lowest BCUT2D eigenvalue weighted by Crippen LogP contribution is -2.21. The van der Waals surface area contributed by atoms with Crippen molar-refractivity contribution in [1.82, 2.24) is 5.32 Å². The molecule has 0 bridgehead atoms. The molecule has 1 aromatic carbocycles. The highest BCUT2D eigenvalue weighted by atomic mass is 16.3. The third-order valence-corrected chi connectivity index (χ3v) is 5.05. The largest absolute Gasteiger partial charge is 0.396 e. The van der Waals surface area contributed by atoms with E-state index >= 15 is 0 Å². The second kappa shape index (κ2) is 16.8. The minimum atomic E-state index is -0.626. The summed E-state index contributed by atoms with van der Waals surface area (Å²) in [6.45, 7) is 2.52. The molecule has 0 aliphatic carbocycles. The number of aliphatic hydroxyl groups is 3. The smallest absolute Gasteiger partial charge is 0.219 e. The minimum Gasteiger partial charge on any atom is -0.396 e. The second-order valence-corrected chi connectivity index (χ2v) is 7.61. The Kier molecular flexibility index (Phi) is 14.6. The van der Waals surface area contributed by atoms with E-state index in [0.29, 0.717) is 25.8 Å². The van der Waals surface area contributed by atoms with Crippen molar-refractivity contribution < 1.29 is 20.1 Å². The van der Waals surface area contributed by atoms with E-state index in [-0.39, 0.29) is 18.4 Å². The van der Waals surface area contributed by atoms with E-state index in [1.54, 1.807) is 6.08 Å². The van der Waals surface area contributed by atoms with Crippen LogP contribution in [0.5, 0.6) is 0 Å². The fourth-order valence-electron chi connectivity index (χ4n) is 3.28. The van der Waals surface area contributed by atoms with Crippen LogP contribution in [0.25, 0.3) is 0 Å². The Hall–Kier alpha value is -1.95. The molecule has 0 fully saturated rings. The third-order valence-electron chi connectivity index (χ3n) is 5.05. The molecule has 0 aliphatic rings. The van der Waals surface area contributed by atoms with E-state index in [1.807, 2.05) is 43.3 Å². The van der Waals surface area contributed by atoms with Crippen LogP contribution in [0, 0.1) is 5.92 Å². The van der Waals surface area contributed by atoms with Crippen LogP contribution in [-0.4, -0.2) is 46.6 Å². The van der Waals surface area contributed by atoms with Gasteiger partial charge in [-0.15, -0.1) is 0 Å². The summed E-state index contributed by atoms with van der Waals surface area (Å²) in [6.07, 6.45) is 12.2. The van der Waals surface area contributed by atoms with E-state index in [0.717, 1.165) is 32.1 Å². The van der Waals surface area contributed by atoms with Crippen LogP contribution in [0.15, 0.2) is 54.6 Å². The summed E-state index contributed by atoms with van der Waals surface area (Å²) in [5.74, 6) is -0.0162. The lowest BCUT2D eigenvalue weighted by atomic mass is 9.93. The number of hydrogen-bond donors (Lipinski definition) is 4. The molecule has 1 amide bonds. The number of unbranched alkanes of at least 4 members (excludes halogenated alkanes) is 1. The van der Waals surface area contributed by atoms with Crippen LogP contribution in [0.3, 0.4) is 0 Å². The van der Waals surface area contributed by atoms with Crippen molar-refractivity contribution in [3.05, 3.63) is 60.2 Å². The number of carbonyl (C=O) groups excluding carboxylic acids is 1. The number of rotatable bonds is 16. The summed E-state index contributed by atoms with van der Waals surface area (Å²) in [6, 6.07) is 10.1. The first-order chi connectivity index (χ1) is 14.6. The van der Waals surface area contributed by atoms with Gasteiger partial charge in [-0.3, -0.25) is 4.79 Å². The second-order valence-electron chi connectivity index (χ2n) is 7.61. The molecule has 0 radical (unpaired) electrons. The Morgan fingerprint density at radius 1 is 1.03 bits per heavy atom. The molecule has 0 spiro atoms. The summed E-state index contributed by atoms with van der Waals surface area (Å²) in [4.78, 5) is 11.4. The quantitative estimate of drug-likeness (QED) is 0.245. The van der Waals surface area contributed by atoms with Gasteiger partial charge in [-0.25, -0.2) is 0 Å². The molecular weight excluding hydrogens is 378 g/mol. The molecule has 0 heterocycles. The van der Waals surface area contributed by atoms with Crippen LogP contribution in [0.2, 0.25) is 0 Å². The maximum Gasteiger partial charge on any atom is 0.219 e. The SMILES string of the molecule is CCNC(=O)CCCC=CCCC(C=CC(O)CCc1ccccc1)C(O)CCO. The number of aliphatic hydroxyl groups excluding tert-OH is 3. The highest BCUT2D eigenvalue weighted by Gasteiger charge is 2.15. The van der Waals surface area contributed by atoms with E-state index < -0.39 is 12.2 Å². The summed E-state index contributed by atoms with van der Waals surface area (Å²) < 4.78 is 0. The van der Waals surface area contributed by atoms with Gasteiger partial charge in [0.2, 0.25) is 5.91 Å². The number of benzene rings is 1. The molecule has 168 valence electrons. The first kappa shape index (κ1) is 26.1. The Labute approximate surface area is 181 Å². The lowest BCUT2D eigenvalue weighted by Gasteiger charge is -2.19. The monoisotopic (exact) mass is 417 g/mol. The van der Waals surface area contributed by atoms with E-state index in [2.05, 4.69) is 17.5 Å². The maximum absolute atomic E-state index is 11.4. The number of amides is 1. The standard InChI is InChI=1S/C25H39NO4/c1-2-26-25(30)14-10-5-3-4-9-13-22(24(29)19-20-27)16-18-23(28)17-15-21-11-7-6-8-12-21/h3-4,6-8,11-12,16,18,22-24,27-29H,2,5,9-10,13-15,17,19-20H2,1H3,(H,26,30). The molecule has 0 saturated carbocycles. The van der Waals surface area contributed by atoms with Crippen LogP contribution in [0.1, 0.15) is 57.4 Å². The topological polar surface area (TPSA) is 89.8 Å². The highest BCUT2D eigenvalue weighted by molar-refractivity contribution is 5.75. The van der Waals surface area contributed by atoms with Gasteiger partial charge < -0.3 is 20.6 Å². The van der Waals surface area contributed by atoms with Gasteiger partial charge in [0, 0.05) is 25.5 Å². The summed E-state index contributed by atoms with van der Waals surface area (Å²) >= 11 is 0. The molecule has 1 aromatic rings. The number of carbonyl (C=O) groups is 1. The van der Waals surface area contributed by atoms with Gasteiger partial charge in [-0.2, -0.15) is 0 Å². The third kappa shape index (κ3) is 12.6. The number of nitrogens with one attached hydrogen (secondary N) is 1. The Morgan fingerprint density at radius 2 is 1.77 bits per heavy atom. The van der Waals surface area contributed by atoms with Crippen LogP contribution in [-0.2, 0) is 11.2 Å².